The van der Waals surface area contributed by atoms with Gasteiger partial charge in [-0.1, -0.05) is 48.0 Å². The fraction of sp³-hybridized carbons (Fsp3) is 0.208. The first kappa shape index (κ1) is 23.8. The summed E-state index contributed by atoms with van der Waals surface area (Å²) in [5.41, 5.74) is 2.27. The Labute approximate surface area is 188 Å². The highest BCUT2D eigenvalue weighted by molar-refractivity contribution is 6.02. The summed E-state index contributed by atoms with van der Waals surface area (Å²) in [4.78, 5) is 27.9. The van der Waals surface area contributed by atoms with E-state index in [-0.39, 0.29) is 11.4 Å². The number of aryl methyl sites for hydroxylation is 1. The van der Waals surface area contributed by atoms with Crippen LogP contribution in [0.3, 0.4) is 0 Å². The van der Waals surface area contributed by atoms with Crippen molar-refractivity contribution in [2.45, 2.75) is 32.2 Å². The standard InChI is InChI=1S/C24H22F3N3O3/c1-15-8-10-17(11-9-15)21(16(2)29-23(32)24(25,26)27)33-19-12-13-20(28-14-19)22(31)30-18-6-4-3-5-7-18/h3-14,16,21H,1-2H3,(H,29,32)(H,30,31)/t16-,21-/m0/s1. The molecule has 9 heteroatoms. The smallest absolute Gasteiger partial charge is 0.471 e. The number of carbonyl (C=O) groups is 2. The Morgan fingerprint density at radius 1 is 0.970 bits per heavy atom. The molecule has 0 radical (unpaired) electrons. The third-order valence-corrected chi connectivity index (χ3v) is 4.74. The van der Waals surface area contributed by atoms with Crippen molar-refractivity contribution in [1.82, 2.24) is 10.3 Å². The molecule has 1 aromatic heterocycles. The van der Waals surface area contributed by atoms with Crippen molar-refractivity contribution in [3.05, 3.63) is 89.7 Å². The lowest BCUT2D eigenvalue weighted by molar-refractivity contribution is -0.174. The maximum absolute atomic E-state index is 12.7. The van der Waals surface area contributed by atoms with Crippen molar-refractivity contribution < 1.29 is 27.5 Å². The third-order valence-electron chi connectivity index (χ3n) is 4.74. The van der Waals surface area contributed by atoms with Crippen LogP contribution in [0.1, 0.15) is 34.6 Å². The number of halogens is 3. The van der Waals surface area contributed by atoms with E-state index < -0.39 is 30.1 Å². The van der Waals surface area contributed by atoms with Gasteiger partial charge in [0.2, 0.25) is 0 Å². The number of ether oxygens (including phenoxy) is 1. The van der Waals surface area contributed by atoms with Crippen LogP contribution in [0.15, 0.2) is 72.9 Å². The molecule has 33 heavy (non-hydrogen) atoms. The van der Waals surface area contributed by atoms with Crippen LogP contribution in [0, 0.1) is 6.92 Å². The van der Waals surface area contributed by atoms with E-state index >= 15 is 0 Å². The molecular formula is C24H22F3N3O3. The normalized spacial score (nSPS) is 13.0. The molecule has 2 N–H and O–H groups in total. The summed E-state index contributed by atoms with van der Waals surface area (Å²) in [5, 5.41) is 4.64. The van der Waals surface area contributed by atoms with E-state index in [1.807, 2.05) is 18.3 Å². The van der Waals surface area contributed by atoms with Gasteiger partial charge < -0.3 is 15.4 Å². The Kier molecular flexibility index (Phi) is 7.32. The van der Waals surface area contributed by atoms with E-state index in [1.165, 1.54) is 25.3 Å². The Morgan fingerprint density at radius 3 is 2.21 bits per heavy atom. The molecule has 1 heterocycles. The maximum Gasteiger partial charge on any atom is 0.471 e. The average Bonchev–Trinajstić information content (AvgIpc) is 2.78. The predicted molar refractivity (Wildman–Crippen MR) is 117 cm³/mol. The molecule has 0 aliphatic heterocycles. The van der Waals surface area contributed by atoms with Gasteiger partial charge in [0.05, 0.1) is 12.2 Å². The maximum atomic E-state index is 12.7. The monoisotopic (exact) mass is 457 g/mol. The Morgan fingerprint density at radius 2 is 1.64 bits per heavy atom. The zero-order chi connectivity index (χ0) is 24.0. The van der Waals surface area contributed by atoms with Gasteiger partial charge >= 0.3 is 12.1 Å². The quantitative estimate of drug-likeness (QED) is 0.533. The minimum Gasteiger partial charge on any atom is -0.482 e. The number of benzene rings is 2. The number of nitrogens with zero attached hydrogens (tertiary/aromatic N) is 1. The van der Waals surface area contributed by atoms with Crippen molar-refractivity contribution in [1.29, 1.82) is 0 Å². The molecule has 0 aliphatic rings. The molecule has 3 rings (SSSR count). The summed E-state index contributed by atoms with van der Waals surface area (Å²) in [6.07, 6.45) is -4.64. The highest BCUT2D eigenvalue weighted by Crippen LogP contribution is 2.26. The number of carbonyl (C=O) groups excluding carboxylic acids is 2. The summed E-state index contributed by atoms with van der Waals surface area (Å²) < 4.78 is 44.1. The summed E-state index contributed by atoms with van der Waals surface area (Å²) in [7, 11) is 0. The minimum absolute atomic E-state index is 0.136. The molecular weight excluding hydrogens is 435 g/mol. The molecule has 0 spiro atoms. The van der Waals surface area contributed by atoms with Gasteiger partial charge in [0.1, 0.15) is 17.5 Å². The first-order valence-electron chi connectivity index (χ1n) is 10.1. The SMILES string of the molecule is Cc1ccc([C@@H](Oc2ccc(C(=O)Nc3ccccc3)nc2)[C@H](C)NC(=O)C(F)(F)F)cc1. The Balaban J connectivity index is 1.77. The second kappa shape index (κ2) is 10.2. The highest BCUT2D eigenvalue weighted by Gasteiger charge is 2.40. The van der Waals surface area contributed by atoms with Crippen LogP contribution in [-0.4, -0.2) is 29.0 Å². The molecule has 6 nitrogen and oxygen atoms in total. The fourth-order valence-electron chi connectivity index (χ4n) is 3.03. The van der Waals surface area contributed by atoms with Gasteiger partial charge in [0, 0.05) is 5.69 Å². The summed E-state index contributed by atoms with van der Waals surface area (Å²) in [6, 6.07) is 17.8. The van der Waals surface area contributed by atoms with E-state index in [2.05, 4.69) is 10.3 Å². The number of aromatic nitrogens is 1. The molecule has 0 saturated carbocycles. The number of para-hydroxylation sites is 1. The van der Waals surface area contributed by atoms with Crippen LogP contribution in [0.4, 0.5) is 18.9 Å². The predicted octanol–water partition coefficient (Wildman–Crippen LogP) is 4.83. The molecule has 172 valence electrons. The first-order valence-corrected chi connectivity index (χ1v) is 10.1. The summed E-state index contributed by atoms with van der Waals surface area (Å²) in [5.74, 6) is -2.25. The van der Waals surface area contributed by atoms with Gasteiger partial charge in [-0.15, -0.1) is 0 Å². The lowest BCUT2D eigenvalue weighted by Gasteiger charge is -2.27. The van der Waals surface area contributed by atoms with Crippen LogP contribution >= 0.6 is 0 Å². The van der Waals surface area contributed by atoms with Gasteiger partial charge in [-0.3, -0.25) is 9.59 Å². The number of anilines is 1. The molecule has 0 unspecified atom stereocenters. The topological polar surface area (TPSA) is 80.3 Å². The number of nitrogens with one attached hydrogen (secondary N) is 2. The third kappa shape index (κ3) is 6.55. The Bertz CT molecular complexity index is 1090. The van der Waals surface area contributed by atoms with Crippen molar-refractivity contribution in [2.75, 3.05) is 5.32 Å². The van der Waals surface area contributed by atoms with Gasteiger partial charge in [0.15, 0.2) is 0 Å². The molecule has 2 amide bonds. The van der Waals surface area contributed by atoms with Gasteiger partial charge in [-0.05, 0) is 43.7 Å². The lowest BCUT2D eigenvalue weighted by atomic mass is 10.0. The lowest BCUT2D eigenvalue weighted by Crippen LogP contribution is -2.45. The zero-order valence-electron chi connectivity index (χ0n) is 17.9. The first-order chi connectivity index (χ1) is 15.6. The van der Waals surface area contributed by atoms with Crippen LogP contribution in [0.25, 0.3) is 0 Å². The number of pyridine rings is 1. The van der Waals surface area contributed by atoms with Crippen LogP contribution in [-0.2, 0) is 4.79 Å². The van der Waals surface area contributed by atoms with E-state index in [0.717, 1.165) is 5.56 Å². The van der Waals surface area contributed by atoms with Crippen molar-refractivity contribution in [3.63, 3.8) is 0 Å². The molecule has 0 bridgehead atoms. The largest absolute Gasteiger partial charge is 0.482 e. The highest BCUT2D eigenvalue weighted by atomic mass is 19.4. The van der Waals surface area contributed by atoms with Crippen LogP contribution < -0.4 is 15.4 Å². The van der Waals surface area contributed by atoms with E-state index in [1.54, 1.807) is 48.5 Å². The zero-order valence-corrected chi connectivity index (χ0v) is 17.9. The molecule has 0 aliphatic carbocycles. The van der Waals surface area contributed by atoms with E-state index in [4.69, 9.17) is 4.74 Å². The molecule has 0 saturated heterocycles. The second-order valence-electron chi connectivity index (χ2n) is 7.41. The average molecular weight is 457 g/mol. The minimum atomic E-state index is -5.01. The van der Waals surface area contributed by atoms with Crippen LogP contribution in [0.2, 0.25) is 0 Å². The van der Waals surface area contributed by atoms with Crippen molar-refractivity contribution in [2.24, 2.45) is 0 Å². The number of hydrogen-bond acceptors (Lipinski definition) is 4. The van der Waals surface area contributed by atoms with Crippen molar-refractivity contribution in [3.8, 4) is 5.75 Å². The summed E-state index contributed by atoms with van der Waals surface area (Å²) in [6.45, 7) is 3.29. The van der Waals surface area contributed by atoms with Crippen molar-refractivity contribution >= 4 is 17.5 Å². The summed E-state index contributed by atoms with van der Waals surface area (Å²) >= 11 is 0. The van der Waals surface area contributed by atoms with Gasteiger partial charge in [-0.25, -0.2) is 4.98 Å². The number of rotatable bonds is 7. The Hall–Kier alpha value is -3.88. The number of alkyl halides is 3. The van der Waals surface area contributed by atoms with E-state index in [0.29, 0.717) is 11.3 Å². The number of amides is 2. The van der Waals surface area contributed by atoms with Gasteiger partial charge in [0.25, 0.3) is 5.91 Å². The molecule has 3 aromatic rings. The fourth-order valence-corrected chi connectivity index (χ4v) is 3.03. The molecule has 2 atom stereocenters. The second-order valence-corrected chi connectivity index (χ2v) is 7.41. The molecule has 0 fully saturated rings. The van der Waals surface area contributed by atoms with E-state index in [9.17, 15) is 22.8 Å². The number of hydrogen-bond donors (Lipinski definition) is 2. The van der Waals surface area contributed by atoms with Gasteiger partial charge in [-0.2, -0.15) is 13.2 Å². The molecule has 2 aromatic carbocycles. The van der Waals surface area contributed by atoms with Crippen LogP contribution in [0.5, 0.6) is 5.75 Å².